The molecule has 0 radical (unpaired) electrons. The van der Waals surface area contributed by atoms with Gasteiger partial charge in [-0.3, -0.25) is 0 Å². The predicted molar refractivity (Wildman–Crippen MR) is 14.9 cm³/mol. The van der Waals surface area contributed by atoms with E-state index in [1.54, 1.807) is 0 Å². The van der Waals surface area contributed by atoms with E-state index in [1.165, 1.54) is 0 Å². The van der Waals surface area contributed by atoms with Gasteiger partial charge < -0.3 is 27.4 Å². The monoisotopic (exact) mass is 502 g/mol. The number of rotatable bonds is 0. The summed E-state index contributed by atoms with van der Waals surface area (Å²) in [6, 6.07) is 0. The summed E-state index contributed by atoms with van der Waals surface area (Å²) in [6.07, 6.45) is 0. The summed E-state index contributed by atoms with van der Waals surface area (Å²) in [6.45, 7) is 0. The quantitative estimate of drug-likeness (QED) is 0.358. The third-order valence-corrected chi connectivity index (χ3v) is 0. The van der Waals surface area contributed by atoms with Crippen molar-refractivity contribution in [3.63, 3.8) is 0 Å². The van der Waals surface area contributed by atoms with Gasteiger partial charge in [0, 0.05) is 19.5 Å². The third kappa shape index (κ3) is 106. The summed E-state index contributed by atoms with van der Waals surface area (Å²) in [5.74, 6) is 0. The van der Waals surface area contributed by atoms with Crippen LogP contribution in [0.2, 0.25) is 0 Å². The zero-order chi connectivity index (χ0) is 0. The van der Waals surface area contributed by atoms with Crippen LogP contribution in [0.3, 0.4) is 0 Å². The van der Waals surface area contributed by atoms with Crippen molar-refractivity contribution >= 4 is 51.7 Å². The Balaban J connectivity index is 0. The van der Waals surface area contributed by atoms with Gasteiger partial charge in [-0.05, 0) is 0 Å². The van der Waals surface area contributed by atoms with Crippen LogP contribution in [0, 0.1) is 0 Å². The molecule has 0 N–H and O–H groups in total. The van der Waals surface area contributed by atoms with Crippen LogP contribution < -0.4 is 0 Å². The first-order chi connectivity index (χ1) is 0. The van der Waals surface area contributed by atoms with Crippen molar-refractivity contribution in [3.05, 3.63) is 0 Å². The summed E-state index contributed by atoms with van der Waals surface area (Å²) >= 11 is 0. The SMILES string of the molecule is [In+3].[In+3].[O-2].[O-2].[O-2].[O-2].[O-2].[Zn+2].[Zn+2].[Zn]. The van der Waals surface area contributed by atoms with Gasteiger partial charge in [0.15, 0.2) is 0 Å². The van der Waals surface area contributed by atoms with Gasteiger partial charge in [0.1, 0.15) is 0 Å². The Morgan fingerprint density at radius 3 is 0.400 bits per heavy atom. The second-order valence-corrected chi connectivity index (χ2v) is 0. The first kappa shape index (κ1) is 178. The fourth-order valence-electron chi connectivity index (χ4n) is 0. The Kier molecular flexibility index (Phi) is 2470. The largest absolute Gasteiger partial charge is 3.00 e. The smallest absolute Gasteiger partial charge is 2.00 e. The minimum Gasteiger partial charge on any atom is -2.00 e. The molecule has 0 aliphatic carbocycles. The van der Waals surface area contributed by atoms with Crippen molar-refractivity contribution in [1.29, 1.82) is 0 Å². The van der Waals surface area contributed by atoms with Crippen LogP contribution >= 0.6 is 0 Å². The molecule has 0 bridgehead atoms. The predicted octanol–water partition coefficient (Wildman–Crippen LogP) is -1.36. The van der Waals surface area contributed by atoms with Gasteiger partial charge in [-0.2, -0.15) is 0 Å². The molecule has 0 spiro atoms. The Morgan fingerprint density at radius 1 is 0.400 bits per heavy atom. The second kappa shape index (κ2) is 139. The van der Waals surface area contributed by atoms with Crippen LogP contribution in [-0.4, -0.2) is 51.7 Å². The minimum atomic E-state index is 0. The molecular formula is In2O5Zn3. The van der Waals surface area contributed by atoms with Gasteiger partial charge in [-0.1, -0.05) is 0 Å². The maximum absolute atomic E-state index is 0. The zero-order valence-electron chi connectivity index (χ0n) is 5.32. The number of hydrogen-bond donors (Lipinski definition) is 0. The van der Waals surface area contributed by atoms with Crippen LogP contribution in [0.1, 0.15) is 0 Å². The van der Waals surface area contributed by atoms with Crippen molar-refractivity contribution in [3.8, 4) is 0 Å². The van der Waals surface area contributed by atoms with Gasteiger partial charge in [-0.15, -0.1) is 0 Å². The fourth-order valence-corrected chi connectivity index (χ4v) is 0. The van der Waals surface area contributed by atoms with Crippen LogP contribution in [0.4, 0.5) is 0 Å². The summed E-state index contributed by atoms with van der Waals surface area (Å²) in [4.78, 5) is 0. The van der Waals surface area contributed by atoms with E-state index < -0.39 is 0 Å². The van der Waals surface area contributed by atoms with Crippen LogP contribution in [0.25, 0.3) is 0 Å². The molecule has 0 saturated carbocycles. The fraction of sp³-hybridized carbons (Fsp3) is 0. The maximum Gasteiger partial charge on any atom is 3.00 e. The topological polar surface area (TPSA) is 142 Å². The van der Waals surface area contributed by atoms with Crippen molar-refractivity contribution in [2.45, 2.75) is 0 Å². The van der Waals surface area contributed by atoms with E-state index >= 15 is 0 Å². The van der Waals surface area contributed by atoms with E-state index in [4.69, 9.17) is 0 Å². The van der Waals surface area contributed by atoms with E-state index in [9.17, 15) is 0 Å². The molecule has 0 unspecified atom stereocenters. The molecule has 5 nitrogen and oxygen atoms in total. The third-order valence-electron chi connectivity index (χ3n) is 0. The first-order valence-electron chi connectivity index (χ1n) is 0. The standard InChI is InChI=1S/2In.5O.3Zn/q2*+3;5*-2;;2*+2. The molecule has 10 heavy (non-hydrogen) atoms. The van der Waals surface area contributed by atoms with Gasteiger partial charge in [0.25, 0.3) is 0 Å². The molecule has 42 valence electrons. The minimum absolute atomic E-state index is 0. The molecule has 0 aromatic rings. The van der Waals surface area contributed by atoms with Crippen LogP contribution in [-0.2, 0) is 85.8 Å². The molecule has 0 atom stereocenters. The average Bonchev–Trinajstić information content (AvgIpc) is 0. The molecule has 0 fully saturated rings. The normalized spacial score (nSPS) is 0. The molecular weight excluding hydrogens is 506 g/mol. The molecule has 0 aliphatic rings. The van der Waals surface area contributed by atoms with Gasteiger partial charge >= 0.3 is 90.6 Å². The summed E-state index contributed by atoms with van der Waals surface area (Å²) in [7, 11) is 0. The van der Waals surface area contributed by atoms with E-state index in [1.807, 2.05) is 0 Å². The Labute approximate surface area is 135 Å². The van der Waals surface area contributed by atoms with Gasteiger partial charge in [0.2, 0.25) is 0 Å². The summed E-state index contributed by atoms with van der Waals surface area (Å²) in [5.41, 5.74) is 0. The Morgan fingerprint density at radius 2 is 0.400 bits per heavy atom. The zero-order valence-corrected chi connectivity index (χ0v) is 20.8. The van der Waals surface area contributed by atoms with Crippen molar-refractivity contribution in [2.24, 2.45) is 0 Å². The molecule has 0 rings (SSSR count). The number of hydrogen-bond acceptors (Lipinski definition) is 0. The Hall–Kier alpha value is 3.41. The molecule has 0 aliphatic heterocycles. The maximum atomic E-state index is 0. The molecule has 0 amide bonds. The van der Waals surface area contributed by atoms with E-state index in [0.29, 0.717) is 0 Å². The molecule has 0 aromatic heterocycles. The summed E-state index contributed by atoms with van der Waals surface area (Å²) < 4.78 is 0. The van der Waals surface area contributed by atoms with Crippen LogP contribution in [0.5, 0.6) is 0 Å². The average molecular weight is 506 g/mol. The van der Waals surface area contributed by atoms with E-state index in [0.717, 1.165) is 0 Å². The van der Waals surface area contributed by atoms with Crippen LogP contribution in [0.15, 0.2) is 0 Å². The first-order valence-corrected chi connectivity index (χ1v) is 0. The second-order valence-electron chi connectivity index (χ2n) is 0. The van der Waals surface area contributed by atoms with Gasteiger partial charge in [0.05, 0.1) is 0 Å². The van der Waals surface area contributed by atoms with E-state index in [2.05, 4.69) is 0 Å². The van der Waals surface area contributed by atoms with Crippen molar-refractivity contribution in [1.82, 2.24) is 0 Å². The Bertz CT molecular complexity index is 14.9. The molecule has 0 aromatic carbocycles. The van der Waals surface area contributed by atoms with Crippen molar-refractivity contribution in [2.75, 3.05) is 0 Å². The van der Waals surface area contributed by atoms with Gasteiger partial charge in [-0.25, -0.2) is 0 Å². The summed E-state index contributed by atoms with van der Waals surface area (Å²) in [5, 5.41) is 0. The molecule has 0 saturated heterocycles. The molecule has 0 heterocycles. The van der Waals surface area contributed by atoms with Crippen molar-refractivity contribution < 1.29 is 85.8 Å². The molecule has 10 heteroatoms. The van der Waals surface area contributed by atoms with E-state index in [-0.39, 0.29) is 138 Å².